The first-order chi connectivity index (χ1) is 14.3. The molecule has 1 N–H and O–H groups in total. The Bertz CT molecular complexity index is 1030. The summed E-state index contributed by atoms with van der Waals surface area (Å²) in [6.07, 6.45) is -1.79. The molecule has 30 heavy (non-hydrogen) atoms. The molecule has 0 fully saturated rings. The number of rotatable bonds is 7. The van der Waals surface area contributed by atoms with Crippen molar-refractivity contribution >= 4 is 11.6 Å². The van der Waals surface area contributed by atoms with Gasteiger partial charge >= 0.3 is 6.18 Å². The van der Waals surface area contributed by atoms with Gasteiger partial charge in [0.15, 0.2) is 5.69 Å². The molecule has 0 aliphatic rings. The van der Waals surface area contributed by atoms with Gasteiger partial charge in [-0.05, 0) is 18.6 Å². The van der Waals surface area contributed by atoms with Crippen LogP contribution in [-0.2, 0) is 13.2 Å². The molecular weight excluding hydrogens is 395 g/mol. The molecule has 0 aliphatic carbocycles. The lowest BCUT2D eigenvalue weighted by Crippen LogP contribution is -2.18. The number of halogens is 3. The van der Waals surface area contributed by atoms with Crippen LogP contribution in [0.3, 0.4) is 0 Å². The quantitative estimate of drug-likeness (QED) is 0.514. The van der Waals surface area contributed by atoms with Gasteiger partial charge in [-0.15, -0.1) is 0 Å². The lowest BCUT2D eigenvalue weighted by atomic mass is 10.0. The van der Waals surface area contributed by atoms with Gasteiger partial charge < -0.3 is 10.1 Å². The number of hydrogen-bond donors (Lipinski definition) is 1. The molecule has 0 radical (unpaired) electrons. The maximum atomic E-state index is 13.2. The second-order valence-electron chi connectivity index (χ2n) is 6.76. The zero-order valence-corrected chi connectivity index (χ0v) is 16.7. The number of alkyl halides is 3. The fourth-order valence-corrected chi connectivity index (χ4v) is 3.02. The monoisotopic (exact) mass is 417 g/mol. The number of nitrogens with one attached hydrogen (secondary N) is 1. The van der Waals surface area contributed by atoms with Crippen molar-refractivity contribution in [2.24, 2.45) is 7.05 Å². The van der Waals surface area contributed by atoms with Crippen LogP contribution >= 0.6 is 0 Å². The number of amides is 1. The Kier molecular flexibility index (Phi) is 6.44. The molecule has 1 aromatic heterocycles. The molecule has 0 aliphatic heterocycles. The summed E-state index contributed by atoms with van der Waals surface area (Å²) in [5, 5.41) is 5.99. The van der Waals surface area contributed by atoms with E-state index in [0.717, 1.165) is 29.3 Å². The van der Waals surface area contributed by atoms with Crippen LogP contribution in [0.15, 0.2) is 54.7 Å². The van der Waals surface area contributed by atoms with Gasteiger partial charge in [-0.1, -0.05) is 49.7 Å². The van der Waals surface area contributed by atoms with E-state index >= 15 is 0 Å². The van der Waals surface area contributed by atoms with Crippen LogP contribution in [0.5, 0.6) is 5.75 Å². The number of benzene rings is 2. The first-order valence-corrected chi connectivity index (χ1v) is 9.54. The van der Waals surface area contributed by atoms with Crippen molar-refractivity contribution in [3.8, 4) is 16.9 Å². The zero-order chi connectivity index (χ0) is 21.7. The van der Waals surface area contributed by atoms with Gasteiger partial charge in [-0.3, -0.25) is 9.48 Å². The standard InChI is InChI=1S/C22H22F3N3O2/c1-3-4-13-30-19-12-8-6-10-16(19)15-9-5-7-11-18(15)26-21(29)17-14-28(2)27-20(17)22(23,24)25/h5-12,14H,3-4,13H2,1-2H3,(H,26,29). The van der Waals surface area contributed by atoms with Gasteiger partial charge in [0.25, 0.3) is 5.91 Å². The first-order valence-electron chi connectivity index (χ1n) is 9.54. The molecular formula is C22H22F3N3O2. The molecule has 0 unspecified atom stereocenters. The van der Waals surface area contributed by atoms with Crippen LogP contribution in [-0.4, -0.2) is 22.3 Å². The minimum Gasteiger partial charge on any atom is -0.493 e. The van der Waals surface area contributed by atoms with Gasteiger partial charge in [0, 0.05) is 30.1 Å². The van der Waals surface area contributed by atoms with Crippen LogP contribution in [0.25, 0.3) is 11.1 Å². The predicted octanol–water partition coefficient (Wildman–Crippen LogP) is 5.54. The number of aryl methyl sites for hydroxylation is 1. The van der Waals surface area contributed by atoms with Crippen molar-refractivity contribution in [1.82, 2.24) is 9.78 Å². The van der Waals surface area contributed by atoms with Gasteiger partial charge in [-0.2, -0.15) is 18.3 Å². The van der Waals surface area contributed by atoms with E-state index in [-0.39, 0.29) is 0 Å². The lowest BCUT2D eigenvalue weighted by Gasteiger charge is -2.15. The van der Waals surface area contributed by atoms with Gasteiger partial charge in [0.1, 0.15) is 5.75 Å². The van der Waals surface area contributed by atoms with Crippen LogP contribution in [0, 0.1) is 0 Å². The molecule has 2 aromatic carbocycles. The molecule has 0 spiro atoms. The Morgan fingerprint density at radius 3 is 2.47 bits per heavy atom. The summed E-state index contributed by atoms with van der Waals surface area (Å²) in [5.74, 6) is -0.239. The smallest absolute Gasteiger partial charge is 0.435 e. The highest BCUT2D eigenvalue weighted by Crippen LogP contribution is 2.36. The van der Waals surface area contributed by atoms with Crippen LogP contribution in [0.2, 0.25) is 0 Å². The molecule has 3 rings (SSSR count). The molecule has 0 atom stereocenters. The van der Waals surface area contributed by atoms with Gasteiger partial charge in [-0.25, -0.2) is 0 Å². The molecule has 3 aromatic rings. The molecule has 158 valence electrons. The van der Waals surface area contributed by atoms with E-state index < -0.39 is 23.3 Å². The number of para-hydroxylation sites is 2. The van der Waals surface area contributed by atoms with E-state index in [4.69, 9.17) is 4.74 Å². The van der Waals surface area contributed by atoms with Gasteiger partial charge in [0.05, 0.1) is 12.2 Å². The molecule has 0 saturated heterocycles. The number of carbonyl (C=O) groups excluding carboxylic acids is 1. The Labute approximate surface area is 172 Å². The number of nitrogens with zero attached hydrogens (tertiary/aromatic N) is 2. The number of anilines is 1. The van der Waals surface area contributed by atoms with E-state index in [0.29, 0.717) is 23.6 Å². The Morgan fingerprint density at radius 2 is 1.77 bits per heavy atom. The first kappa shape index (κ1) is 21.4. The fourth-order valence-electron chi connectivity index (χ4n) is 3.02. The van der Waals surface area contributed by atoms with Crippen LogP contribution < -0.4 is 10.1 Å². The molecule has 1 amide bonds. The summed E-state index contributed by atoms with van der Waals surface area (Å²) in [7, 11) is 1.34. The van der Waals surface area contributed by atoms with Crippen molar-refractivity contribution in [2.45, 2.75) is 25.9 Å². The summed E-state index contributed by atoms with van der Waals surface area (Å²) in [4.78, 5) is 12.7. The number of hydrogen-bond acceptors (Lipinski definition) is 3. The van der Waals surface area contributed by atoms with Crippen LogP contribution in [0.1, 0.15) is 35.8 Å². The van der Waals surface area contributed by atoms with E-state index in [1.54, 1.807) is 24.3 Å². The molecule has 0 saturated carbocycles. The maximum absolute atomic E-state index is 13.2. The molecule has 0 bridgehead atoms. The normalized spacial score (nSPS) is 11.4. The summed E-state index contributed by atoms with van der Waals surface area (Å²) < 4.78 is 46.5. The van der Waals surface area contributed by atoms with E-state index in [2.05, 4.69) is 17.3 Å². The largest absolute Gasteiger partial charge is 0.493 e. The highest BCUT2D eigenvalue weighted by Gasteiger charge is 2.39. The number of ether oxygens (including phenoxy) is 1. The third kappa shape index (κ3) is 4.82. The maximum Gasteiger partial charge on any atom is 0.435 e. The Balaban J connectivity index is 1.94. The van der Waals surface area contributed by atoms with Gasteiger partial charge in [0.2, 0.25) is 0 Å². The van der Waals surface area contributed by atoms with Crippen molar-refractivity contribution in [1.29, 1.82) is 0 Å². The number of aromatic nitrogens is 2. The van der Waals surface area contributed by atoms with E-state index in [1.807, 2.05) is 24.3 Å². The minimum absolute atomic E-state index is 0.381. The number of carbonyl (C=O) groups is 1. The second kappa shape index (κ2) is 9.02. The molecule has 1 heterocycles. The highest BCUT2D eigenvalue weighted by molar-refractivity contribution is 6.07. The van der Waals surface area contributed by atoms with Crippen molar-refractivity contribution in [2.75, 3.05) is 11.9 Å². The zero-order valence-electron chi connectivity index (χ0n) is 16.7. The number of unbranched alkanes of at least 4 members (excludes halogenated alkanes) is 1. The summed E-state index contributed by atoms with van der Waals surface area (Å²) >= 11 is 0. The second-order valence-corrected chi connectivity index (χ2v) is 6.76. The SMILES string of the molecule is CCCCOc1ccccc1-c1ccccc1NC(=O)c1cn(C)nc1C(F)(F)F. The predicted molar refractivity (Wildman–Crippen MR) is 108 cm³/mol. The molecule has 8 heteroatoms. The topological polar surface area (TPSA) is 56.1 Å². The fraction of sp³-hybridized carbons (Fsp3) is 0.273. The summed E-state index contributed by atoms with van der Waals surface area (Å²) in [6, 6.07) is 14.3. The third-order valence-corrected chi connectivity index (χ3v) is 4.45. The third-order valence-electron chi connectivity index (χ3n) is 4.45. The van der Waals surface area contributed by atoms with E-state index in [9.17, 15) is 18.0 Å². The Hall–Kier alpha value is -3.29. The summed E-state index contributed by atoms with van der Waals surface area (Å²) in [6.45, 7) is 2.61. The highest BCUT2D eigenvalue weighted by atomic mass is 19.4. The molecule has 5 nitrogen and oxygen atoms in total. The summed E-state index contributed by atoms with van der Waals surface area (Å²) in [5.41, 5.74) is 0.0173. The van der Waals surface area contributed by atoms with E-state index in [1.165, 1.54) is 7.05 Å². The van der Waals surface area contributed by atoms with Crippen molar-refractivity contribution in [3.63, 3.8) is 0 Å². The van der Waals surface area contributed by atoms with Crippen molar-refractivity contribution < 1.29 is 22.7 Å². The average Bonchev–Trinajstić information content (AvgIpc) is 3.12. The average molecular weight is 417 g/mol. The minimum atomic E-state index is -4.73. The Morgan fingerprint density at radius 1 is 1.10 bits per heavy atom. The van der Waals surface area contributed by atoms with Crippen molar-refractivity contribution in [3.05, 3.63) is 66.0 Å². The van der Waals surface area contributed by atoms with Crippen LogP contribution in [0.4, 0.5) is 18.9 Å². The lowest BCUT2D eigenvalue weighted by molar-refractivity contribution is -0.141.